The molecule has 0 bridgehead atoms. The van der Waals surface area contributed by atoms with Gasteiger partial charge in [0.05, 0.1) is 0 Å². The standard InChI is InChI=1S/C21H20FN3O3S2/c1-15-6-8-16(9-7-15)20-23-18(14-29-20)21(26)24-10-12-25(13-11-24)30(27,28)19-5-3-2-4-17(19)22/h2-9,14H,10-13H2,1H3. The first-order valence-electron chi connectivity index (χ1n) is 9.43. The highest BCUT2D eigenvalue weighted by molar-refractivity contribution is 7.89. The van der Waals surface area contributed by atoms with Crippen LogP contribution in [0.15, 0.2) is 58.8 Å². The summed E-state index contributed by atoms with van der Waals surface area (Å²) in [5, 5.41) is 2.49. The van der Waals surface area contributed by atoms with Gasteiger partial charge in [0, 0.05) is 37.1 Å². The molecule has 30 heavy (non-hydrogen) atoms. The molecule has 6 nitrogen and oxygen atoms in total. The van der Waals surface area contributed by atoms with Crippen molar-refractivity contribution in [2.45, 2.75) is 11.8 Å². The number of hydrogen-bond acceptors (Lipinski definition) is 5. The molecule has 0 unspecified atom stereocenters. The fraction of sp³-hybridized carbons (Fsp3) is 0.238. The maximum atomic E-state index is 14.0. The molecule has 1 fully saturated rings. The van der Waals surface area contributed by atoms with E-state index in [1.54, 1.807) is 10.3 Å². The Morgan fingerprint density at radius 3 is 2.37 bits per heavy atom. The van der Waals surface area contributed by atoms with Crippen molar-refractivity contribution in [1.29, 1.82) is 0 Å². The quantitative estimate of drug-likeness (QED) is 0.617. The van der Waals surface area contributed by atoms with E-state index < -0.39 is 15.8 Å². The van der Waals surface area contributed by atoms with Gasteiger partial charge in [-0.15, -0.1) is 11.3 Å². The molecule has 4 rings (SSSR count). The second-order valence-corrected chi connectivity index (χ2v) is 9.80. The van der Waals surface area contributed by atoms with Crippen LogP contribution in [0.1, 0.15) is 16.1 Å². The van der Waals surface area contributed by atoms with Gasteiger partial charge in [-0.25, -0.2) is 17.8 Å². The summed E-state index contributed by atoms with van der Waals surface area (Å²) in [4.78, 5) is 18.5. The first-order chi connectivity index (χ1) is 14.4. The highest BCUT2D eigenvalue weighted by Crippen LogP contribution is 2.25. The molecular formula is C21H20FN3O3S2. The Morgan fingerprint density at radius 1 is 1.03 bits per heavy atom. The number of hydrogen-bond donors (Lipinski definition) is 0. The van der Waals surface area contributed by atoms with E-state index in [9.17, 15) is 17.6 Å². The number of amides is 1. The molecule has 0 atom stereocenters. The van der Waals surface area contributed by atoms with E-state index in [0.717, 1.165) is 22.2 Å². The summed E-state index contributed by atoms with van der Waals surface area (Å²) in [6, 6.07) is 13.2. The van der Waals surface area contributed by atoms with Crippen LogP contribution < -0.4 is 0 Å². The first-order valence-corrected chi connectivity index (χ1v) is 11.7. The summed E-state index contributed by atoms with van der Waals surface area (Å²) >= 11 is 1.40. The van der Waals surface area contributed by atoms with Gasteiger partial charge in [-0.05, 0) is 19.1 Å². The molecule has 1 aliphatic rings. The lowest BCUT2D eigenvalue weighted by Gasteiger charge is -2.33. The van der Waals surface area contributed by atoms with E-state index in [2.05, 4.69) is 4.98 Å². The van der Waals surface area contributed by atoms with E-state index in [4.69, 9.17) is 0 Å². The Kier molecular flexibility index (Phi) is 5.68. The average molecular weight is 446 g/mol. The molecule has 3 aromatic rings. The van der Waals surface area contributed by atoms with Crippen molar-refractivity contribution in [3.63, 3.8) is 0 Å². The number of carbonyl (C=O) groups is 1. The van der Waals surface area contributed by atoms with Crippen LogP contribution in [0, 0.1) is 12.7 Å². The molecule has 9 heteroatoms. The van der Waals surface area contributed by atoms with E-state index in [0.29, 0.717) is 5.69 Å². The predicted octanol–water partition coefficient (Wildman–Crippen LogP) is 3.40. The first kappa shape index (κ1) is 20.6. The van der Waals surface area contributed by atoms with Crippen molar-refractivity contribution in [1.82, 2.24) is 14.2 Å². The van der Waals surface area contributed by atoms with Crippen LogP contribution in [0.3, 0.4) is 0 Å². The predicted molar refractivity (Wildman–Crippen MR) is 113 cm³/mol. The third-order valence-electron chi connectivity index (χ3n) is 5.00. The molecule has 1 amide bonds. The number of halogens is 1. The number of aryl methyl sites for hydroxylation is 1. The van der Waals surface area contributed by atoms with Gasteiger partial charge in [-0.3, -0.25) is 4.79 Å². The Hall–Kier alpha value is -2.62. The number of thiazole rings is 1. The van der Waals surface area contributed by atoms with Crippen LogP contribution >= 0.6 is 11.3 Å². The zero-order valence-electron chi connectivity index (χ0n) is 16.3. The van der Waals surface area contributed by atoms with Gasteiger partial charge in [0.15, 0.2) is 0 Å². The third-order valence-corrected chi connectivity index (χ3v) is 7.83. The van der Waals surface area contributed by atoms with Gasteiger partial charge in [-0.2, -0.15) is 4.31 Å². The minimum Gasteiger partial charge on any atom is -0.335 e. The Morgan fingerprint density at radius 2 is 1.70 bits per heavy atom. The minimum atomic E-state index is -3.94. The SMILES string of the molecule is Cc1ccc(-c2nc(C(=O)N3CCN(S(=O)(=O)c4ccccc4F)CC3)cs2)cc1. The highest BCUT2D eigenvalue weighted by atomic mass is 32.2. The second kappa shape index (κ2) is 8.25. The van der Waals surface area contributed by atoms with Crippen molar-refractivity contribution in [3.05, 3.63) is 71.0 Å². The fourth-order valence-electron chi connectivity index (χ4n) is 3.29. The smallest absolute Gasteiger partial charge is 0.273 e. The van der Waals surface area contributed by atoms with Crippen LogP contribution in [0.5, 0.6) is 0 Å². The molecule has 0 spiro atoms. The number of nitrogens with zero attached hydrogens (tertiary/aromatic N) is 3. The Bertz CT molecular complexity index is 1170. The van der Waals surface area contributed by atoms with Crippen molar-refractivity contribution >= 4 is 27.3 Å². The van der Waals surface area contributed by atoms with Crippen molar-refractivity contribution in [3.8, 4) is 10.6 Å². The van der Waals surface area contributed by atoms with Gasteiger partial charge in [-0.1, -0.05) is 42.0 Å². The van der Waals surface area contributed by atoms with Crippen LogP contribution in [-0.4, -0.2) is 54.7 Å². The molecule has 0 radical (unpaired) electrons. The number of sulfonamides is 1. The summed E-state index contributed by atoms with van der Waals surface area (Å²) in [5.41, 5.74) is 2.45. The van der Waals surface area contributed by atoms with Crippen LogP contribution in [-0.2, 0) is 10.0 Å². The molecule has 1 saturated heterocycles. The summed E-state index contributed by atoms with van der Waals surface area (Å²) < 4.78 is 40.6. The minimum absolute atomic E-state index is 0.108. The van der Waals surface area contributed by atoms with Gasteiger partial charge in [0.2, 0.25) is 10.0 Å². The number of benzene rings is 2. The molecule has 0 N–H and O–H groups in total. The molecule has 2 heterocycles. The average Bonchev–Trinajstić information content (AvgIpc) is 3.24. The third kappa shape index (κ3) is 4.00. The molecule has 0 saturated carbocycles. The lowest BCUT2D eigenvalue weighted by Crippen LogP contribution is -2.50. The Balaban J connectivity index is 1.44. The normalized spacial score (nSPS) is 15.3. The monoisotopic (exact) mass is 445 g/mol. The van der Waals surface area contributed by atoms with E-state index in [1.807, 2.05) is 31.2 Å². The molecule has 0 aliphatic carbocycles. The summed E-state index contributed by atoms with van der Waals surface area (Å²) in [7, 11) is -3.94. The highest BCUT2D eigenvalue weighted by Gasteiger charge is 2.32. The zero-order valence-corrected chi connectivity index (χ0v) is 17.9. The van der Waals surface area contributed by atoms with Gasteiger partial charge < -0.3 is 4.90 Å². The van der Waals surface area contributed by atoms with Crippen molar-refractivity contribution < 1.29 is 17.6 Å². The summed E-state index contributed by atoms with van der Waals surface area (Å²) in [6.45, 7) is 2.68. The van der Waals surface area contributed by atoms with E-state index in [1.165, 1.54) is 33.8 Å². The summed E-state index contributed by atoms with van der Waals surface area (Å²) in [6.07, 6.45) is 0. The molecule has 1 aliphatic heterocycles. The van der Waals surface area contributed by atoms with Gasteiger partial charge in [0.1, 0.15) is 21.4 Å². The van der Waals surface area contributed by atoms with Crippen LogP contribution in [0.2, 0.25) is 0 Å². The lowest BCUT2D eigenvalue weighted by atomic mass is 10.2. The second-order valence-electron chi connectivity index (χ2n) is 7.03. The maximum Gasteiger partial charge on any atom is 0.273 e. The van der Waals surface area contributed by atoms with Crippen molar-refractivity contribution in [2.75, 3.05) is 26.2 Å². The lowest BCUT2D eigenvalue weighted by molar-refractivity contribution is 0.0692. The number of carbonyl (C=O) groups excluding carboxylic acids is 1. The maximum absolute atomic E-state index is 14.0. The number of rotatable bonds is 4. The van der Waals surface area contributed by atoms with E-state index in [-0.39, 0.29) is 37.0 Å². The van der Waals surface area contributed by atoms with Crippen LogP contribution in [0.4, 0.5) is 4.39 Å². The number of aromatic nitrogens is 1. The zero-order chi connectivity index (χ0) is 21.3. The van der Waals surface area contributed by atoms with Gasteiger partial charge >= 0.3 is 0 Å². The van der Waals surface area contributed by atoms with Gasteiger partial charge in [0.25, 0.3) is 5.91 Å². The van der Waals surface area contributed by atoms with Crippen molar-refractivity contribution in [2.24, 2.45) is 0 Å². The molecule has 2 aromatic carbocycles. The molecule has 1 aromatic heterocycles. The molecule has 156 valence electrons. The number of piperazine rings is 1. The summed E-state index contributed by atoms with van der Waals surface area (Å²) in [5.74, 6) is -1.00. The molecular weight excluding hydrogens is 425 g/mol. The topological polar surface area (TPSA) is 70.6 Å². The fourth-order valence-corrected chi connectivity index (χ4v) is 5.57. The van der Waals surface area contributed by atoms with Crippen LogP contribution in [0.25, 0.3) is 10.6 Å². The van der Waals surface area contributed by atoms with E-state index >= 15 is 0 Å². The Labute approximate surface area is 178 Å². The largest absolute Gasteiger partial charge is 0.335 e.